The molecular weight excluding hydrogens is 220 g/mol. The molecule has 0 saturated heterocycles. The Bertz CT molecular complexity index is 642. The molecule has 18 heavy (non-hydrogen) atoms. The number of benzene rings is 2. The number of rotatable bonds is 0. The molecule has 0 fully saturated rings. The molecule has 0 aromatic heterocycles. The van der Waals surface area contributed by atoms with Crippen LogP contribution in [0.2, 0.25) is 0 Å². The van der Waals surface area contributed by atoms with Crippen LogP contribution in [0.15, 0.2) is 60.7 Å². The van der Waals surface area contributed by atoms with Crippen LogP contribution in [0.5, 0.6) is 0 Å². The van der Waals surface area contributed by atoms with Crippen LogP contribution in [0.3, 0.4) is 0 Å². The van der Waals surface area contributed by atoms with Crippen molar-refractivity contribution in [2.75, 3.05) is 0 Å². The van der Waals surface area contributed by atoms with Crippen molar-refractivity contribution in [3.05, 3.63) is 82.9 Å². The van der Waals surface area contributed by atoms with E-state index < -0.39 is 6.10 Å². The molecule has 3 aliphatic carbocycles. The summed E-state index contributed by atoms with van der Waals surface area (Å²) in [6.45, 7) is 0. The van der Waals surface area contributed by atoms with Crippen LogP contribution in [0.25, 0.3) is 0 Å². The summed E-state index contributed by atoms with van der Waals surface area (Å²) in [4.78, 5) is 0. The monoisotopic (exact) mass is 234 g/mol. The molecule has 0 saturated carbocycles. The molecular formula is C17H14O. The molecule has 0 amide bonds. The third kappa shape index (κ3) is 1.20. The predicted octanol–water partition coefficient (Wildman–Crippen LogP) is 3.52. The number of aliphatic hydroxyl groups excluding tert-OH is 1. The van der Waals surface area contributed by atoms with Gasteiger partial charge in [-0.05, 0) is 22.3 Å². The minimum absolute atomic E-state index is 0.0982. The van der Waals surface area contributed by atoms with Crippen molar-refractivity contribution in [2.45, 2.75) is 17.9 Å². The first-order chi connectivity index (χ1) is 8.86. The zero-order chi connectivity index (χ0) is 12.1. The second-order valence-corrected chi connectivity index (χ2v) is 5.09. The van der Waals surface area contributed by atoms with Gasteiger partial charge in [-0.3, -0.25) is 0 Å². The molecule has 2 bridgehead atoms. The van der Waals surface area contributed by atoms with Gasteiger partial charge in [-0.1, -0.05) is 60.7 Å². The molecule has 5 rings (SSSR count). The van der Waals surface area contributed by atoms with Gasteiger partial charge in [-0.15, -0.1) is 0 Å². The summed E-state index contributed by atoms with van der Waals surface area (Å²) in [7, 11) is 0. The van der Waals surface area contributed by atoms with Crippen LogP contribution in [0.1, 0.15) is 40.2 Å². The molecule has 3 aliphatic rings. The summed E-state index contributed by atoms with van der Waals surface area (Å²) in [5, 5.41) is 10.6. The third-order valence-electron chi connectivity index (χ3n) is 4.19. The highest BCUT2D eigenvalue weighted by atomic mass is 16.3. The molecule has 0 aliphatic heterocycles. The van der Waals surface area contributed by atoms with Crippen LogP contribution in [-0.2, 0) is 0 Å². The van der Waals surface area contributed by atoms with Crippen LogP contribution in [0.4, 0.5) is 0 Å². The molecule has 1 nitrogen and oxygen atoms in total. The lowest BCUT2D eigenvalue weighted by atomic mass is 9.81. The first-order valence-electron chi connectivity index (χ1n) is 6.40. The van der Waals surface area contributed by atoms with E-state index in [2.05, 4.69) is 54.6 Å². The van der Waals surface area contributed by atoms with Gasteiger partial charge < -0.3 is 5.11 Å². The van der Waals surface area contributed by atoms with Gasteiger partial charge in [-0.25, -0.2) is 0 Å². The van der Waals surface area contributed by atoms with Crippen LogP contribution >= 0.6 is 0 Å². The average Bonchev–Trinajstić information content (AvgIpc) is 2.64. The Morgan fingerprint density at radius 1 is 0.667 bits per heavy atom. The van der Waals surface area contributed by atoms with Gasteiger partial charge in [0.2, 0.25) is 0 Å². The van der Waals surface area contributed by atoms with Crippen molar-refractivity contribution in [3.8, 4) is 0 Å². The quantitative estimate of drug-likeness (QED) is 0.691. The van der Waals surface area contributed by atoms with Gasteiger partial charge in [0.05, 0.1) is 6.10 Å². The van der Waals surface area contributed by atoms with E-state index in [-0.39, 0.29) is 5.92 Å². The number of hydrogen-bond donors (Lipinski definition) is 1. The predicted molar refractivity (Wildman–Crippen MR) is 71.6 cm³/mol. The number of hydrogen-bond acceptors (Lipinski definition) is 1. The Kier molecular flexibility index (Phi) is 2.00. The summed E-state index contributed by atoms with van der Waals surface area (Å²) in [6, 6.07) is 16.7. The van der Waals surface area contributed by atoms with Crippen LogP contribution < -0.4 is 0 Å². The van der Waals surface area contributed by atoms with E-state index in [1.807, 2.05) is 6.07 Å². The van der Waals surface area contributed by atoms with Crippen LogP contribution in [0, 0.1) is 0 Å². The van der Waals surface area contributed by atoms with E-state index in [0.29, 0.717) is 5.92 Å². The van der Waals surface area contributed by atoms with Crippen molar-refractivity contribution in [3.63, 3.8) is 0 Å². The molecule has 1 N–H and O–H groups in total. The standard InChI is InChI=1S/C17H14O/c18-17-15-8-4-3-7-13(15)14-9-10-16(17)12-6-2-1-5-11(12)14/h1-10,14,16-18H/t14-,16+,17+/m1/s1. The topological polar surface area (TPSA) is 20.2 Å². The molecule has 88 valence electrons. The Labute approximate surface area is 106 Å². The lowest BCUT2D eigenvalue weighted by Gasteiger charge is -2.23. The smallest absolute Gasteiger partial charge is 0.0896 e. The van der Waals surface area contributed by atoms with E-state index in [9.17, 15) is 5.11 Å². The highest BCUT2D eigenvalue weighted by Crippen LogP contribution is 2.48. The number of allylic oxidation sites excluding steroid dienone is 1. The summed E-state index contributed by atoms with van der Waals surface area (Å²) in [5.74, 6) is 0.395. The third-order valence-corrected chi connectivity index (χ3v) is 4.19. The maximum absolute atomic E-state index is 10.6. The summed E-state index contributed by atoms with van der Waals surface area (Å²) in [5.41, 5.74) is 4.94. The highest BCUT2D eigenvalue weighted by Gasteiger charge is 2.35. The van der Waals surface area contributed by atoms with Crippen LogP contribution in [-0.4, -0.2) is 5.11 Å². The maximum atomic E-state index is 10.6. The second kappa shape index (κ2) is 3.56. The molecule has 0 spiro atoms. The van der Waals surface area contributed by atoms with Crippen molar-refractivity contribution >= 4 is 0 Å². The Morgan fingerprint density at radius 3 is 1.94 bits per heavy atom. The maximum Gasteiger partial charge on any atom is 0.0896 e. The Balaban J connectivity index is 2.06. The van der Waals surface area contributed by atoms with Gasteiger partial charge in [0.25, 0.3) is 0 Å². The highest BCUT2D eigenvalue weighted by molar-refractivity contribution is 5.54. The first kappa shape index (κ1) is 10.1. The van der Waals surface area contributed by atoms with Crippen molar-refractivity contribution < 1.29 is 5.11 Å². The fourth-order valence-electron chi connectivity index (χ4n) is 3.34. The summed E-state index contributed by atoms with van der Waals surface area (Å²) < 4.78 is 0. The zero-order valence-corrected chi connectivity index (χ0v) is 9.95. The lowest BCUT2D eigenvalue weighted by molar-refractivity contribution is 0.162. The van der Waals surface area contributed by atoms with E-state index in [0.717, 1.165) is 5.56 Å². The largest absolute Gasteiger partial charge is 0.387 e. The lowest BCUT2D eigenvalue weighted by Crippen LogP contribution is -2.10. The zero-order valence-electron chi connectivity index (χ0n) is 9.95. The average molecular weight is 234 g/mol. The van der Waals surface area contributed by atoms with Crippen molar-refractivity contribution in [1.29, 1.82) is 0 Å². The van der Waals surface area contributed by atoms with E-state index >= 15 is 0 Å². The molecule has 2 aromatic rings. The molecule has 2 aromatic carbocycles. The fraction of sp³-hybridized carbons (Fsp3) is 0.176. The fourth-order valence-corrected chi connectivity index (χ4v) is 3.34. The van der Waals surface area contributed by atoms with Gasteiger partial charge in [0.1, 0.15) is 0 Å². The summed E-state index contributed by atoms with van der Waals surface area (Å²) in [6.07, 6.45) is 3.98. The molecule has 3 atom stereocenters. The second-order valence-electron chi connectivity index (χ2n) is 5.09. The van der Waals surface area contributed by atoms with Gasteiger partial charge in [0.15, 0.2) is 0 Å². The van der Waals surface area contributed by atoms with Crippen molar-refractivity contribution in [2.24, 2.45) is 0 Å². The van der Waals surface area contributed by atoms with E-state index in [1.54, 1.807) is 0 Å². The summed E-state index contributed by atoms with van der Waals surface area (Å²) >= 11 is 0. The normalized spacial score (nSPS) is 27.5. The van der Waals surface area contributed by atoms with E-state index in [1.165, 1.54) is 16.7 Å². The number of aliphatic hydroxyl groups is 1. The minimum atomic E-state index is -0.425. The Hall–Kier alpha value is -1.86. The van der Waals surface area contributed by atoms with E-state index in [4.69, 9.17) is 0 Å². The van der Waals surface area contributed by atoms with Gasteiger partial charge in [-0.2, -0.15) is 0 Å². The molecule has 0 heterocycles. The molecule has 0 unspecified atom stereocenters. The van der Waals surface area contributed by atoms with Crippen molar-refractivity contribution in [1.82, 2.24) is 0 Å². The SMILES string of the molecule is O[C@H]1c2ccccc2[C@@H]2C=C[C@H]1c1ccccc12. The molecule has 1 heteroatoms. The Morgan fingerprint density at radius 2 is 1.22 bits per heavy atom. The van der Waals surface area contributed by atoms with Gasteiger partial charge in [0, 0.05) is 11.8 Å². The first-order valence-corrected chi connectivity index (χ1v) is 6.40. The molecule has 0 radical (unpaired) electrons. The minimum Gasteiger partial charge on any atom is -0.387 e. The van der Waals surface area contributed by atoms with Gasteiger partial charge >= 0.3 is 0 Å².